The van der Waals surface area contributed by atoms with Crippen molar-refractivity contribution in [3.8, 4) is 0 Å². The monoisotopic (exact) mass is 227 g/mol. The Morgan fingerprint density at radius 3 is 2.75 bits per heavy atom. The van der Waals surface area contributed by atoms with Crippen LogP contribution in [0.2, 0.25) is 0 Å². The van der Waals surface area contributed by atoms with Crippen molar-refractivity contribution < 1.29 is 9.59 Å². The first-order valence-corrected chi connectivity index (χ1v) is 5.77. The molecular formula is C11H21N3O2. The highest BCUT2D eigenvalue weighted by molar-refractivity contribution is 5.88. The third-order valence-corrected chi connectivity index (χ3v) is 2.69. The zero-order valence-electron chi connectivity index (χ0n) is 10.2. The van der Waals surface area contributed by atoms with E-state index in [1.807, 2.05) is 13.8 Å². The van der Waals surface area contributed by atoms with Gasteiger partial charge in [-0.3, -0.25) is 9.59 Å². The normalized spacial score (nSPS) is 20.6. The highest BCUT2D eigenvalue weighted by Crippen LogP contribution is 2.09. The Morgan fingerprint density at radius 2 is 2.25 bits per heavy atom. The Kier molecular flexibility index (Phi) is 4.73. The van der Waals surface area contributed by atoms with E-state index in [4.69, 9.17) is 0 Å². The molecule has 0 radical (unpaired) electrons. The number of hydrogen-bond acceptors (Lipinski definition) is 3. The van der Waals surface area contributed by atoms with Crippen LogP contribution in [0.15, 0.2) is 0 Å². The summed E-state index contributed by atoms with van der Waals surface area (Å²) in [6.45, 7) is 5.59. The van der Waals surface area contributed by atoms with Gasteiger partial charge in [0.15, 0.2) is 0 Å². The number of rotatable bonds is 5. The van der Waals surface area contributed by atoms with E-state index >= 15 is 0 Å². The number of likely N-dealkylation sites (tertiary alicyclic amines) is 1. The minimum atomic E-state index is -0.113. The molecule has 0 aromatic heterocycles. The van der Waals surface area contributed by atoms with Crippen molar-refractivity contribution in [3.05, 3.63) is 0 Å². The van der Waals surface area contributed by atoms with E-state index in [1.54, 1.807) is 11.9 Å². The van der Waals surface area contributed by atoms with Crippen LogP contribution in [-0.2, 0) is 9.59 Å². The quantitative estimate of drug-likeness (QED) is 0.670. The van der Waals surface area contributed by atoms with Crippen molar-refractivity contribution in [2.75, 3.05) is 26.7 Å². The van der Waals surface area contributed by atoms with Crippen molar-refractivity contribution in [2.24, 2.45) is 5.92 Å². The average Bonchev–Trinajstić information content (AvgIpc) is 2.57. The summed E-state index contributed by atoms with van der Waals surface area (Å²) in [7, 11) is 1.77. The third-order valence-electron chi connectivity index (χ3n) is 2.69. The molecule has 2 amide bonds. The molecule has 0 saturated carbocycles. The smallest absolute Gasteiger partial charge is 0.240 e. The van der Waals surface area contributed by atoms with Gasteiger partial charge in [-0.15, -0.1) is 0 Å². The lowest BCUT2D eigenvalue weighted by Crippen LogP contribution is -2.42. The average molecular weight is 227 g/mol. The van der Waals surface area contributed by atoms with Crippen LogP contribution in [0.3, 0.4) is 0 Å². The summed E-state index contributed by atoms with van der Waals surface area (Å²) in [4.78, 5) is 24.8. The highest BCUT2D eigenvalue weighted by Gasteiger charge is 2.31. The van der Waals surface area contributed by atoms with Crippen molar-refractivity contribution in [1.29, 1.82) is 0 Å². The molecule has 1 unspecified atom stereocenters. The molecule has 5 heteroatoms. The molecule has 0 aromatic carbocycles. The minimum absolute atomic E-state index is 0.0298. The summed E-state index contributed by atoms with van der Waals surface area (Å²) in [6.07, 6.45) is 0.785. The van der Waals surface area contributed by atoms with Crippen LogP contribution in [0.25, 0.3) is 0 Å². The van der Waals surface area contributed by atoms with Crippen LogP contribution in [0.1, 0.15) is 20.3 Å². The lowest BCUT2D eigenvalue weighted by Gasteiger charge is -2.16. The summed E-state index contributed by atoms with van der Waals surface area (Å²) in [5.41, 5.74) is 0. The van der Waals surface area contributed by atoms with Gasteiger partial charge in [-0.2, -0.15) is 0 Å². The molecule has 1 atom stereocenters. The van der Waals surface area contributed by atoms with Crippen LogP contribution in [-0.4, -0.2) is 49.4 Å². The van der Waals surface area contributed by atoms with Crippen molar-refractivity contribution in [2.45, 2.75) is 26.3 Å². The maximum absolute atomic E-state index is 11.7. The molecule has 0 aliphatic carbocycles. The summed E-state index contributed by atoms with van der Waals surface area (Å²) in [5.74, 6) is 0.393. The van der Waals surface area contributed by atoms with E-state index in [-0.39, 0.29) is 24.4 Å². The predicted molar refractivity (Wildman–Crippen MR) is 61.9 cm³/mol. The first-order chi connectivity index (χ1) is 7.54. The summed E-state index contributed by atoms with van der Waals surface area (Å²) in [5, 5.41) is 5.75. The molecule has 92 valence electrons. The van der Waals surface area contributed by atoms with E-state index in [0.29, 0.717) is 19.0 Å². The van der Waals surface area contributed by atoms with Gasteiger partial charge < -0.3 is 15.5 Å². The molecule has 1 saturated heterocycles. The Morgan fingerprint density at radius 1 is 1.56 bits per heavy atom. The van der Waals surface area contributed by atoms with Crippen LogP contribution < -0.4 is 10.6 Å². The van der Waals surface area contributed by atoms with E-state index < -0.39 is 0 Å². The molecule has 2 N–H and O–H groups in total. The Balaban J connectivity index is 2.32. The Hall–Kier alpha value is -1.10. The maximum atomic E-state index is 11.7. The van der Waals surface area contributed by atoms with Gasteiger partial charge in [-0.25, -0.2) is 0 Å². The molecule has 1 fully saturated rings. The lowest BCUT2D eigenvalue weighted by atomic mass is 10.2. The SMILES string of the molecule is CNC1CCN(CC(=O)NCC(C)C)C1=O. The predicted octanol–water partition coefficient (Wildman–Crippen LogP) is -0.421. The minimum Gasteiger partial charge on any atom is -0.354 e. The van der Waals surface area contributed by atoms with Crippen molar-refractivity contribution >= 4 is 11.8 Å². The molecule has 0 spiro atoms. The third kappa shape index (κ3) is 3.48. The van der Waals surface area contributed by atoms with Crippen LogP contribution in [0.4, 0.5) is 0 Å². The fourth-order valence-electron chi connectivity index (χ4n) is 1.71. The fourth-order valence-corrected chi connectivity index (χ4v) is 1.71. The first-order valence-electron chi connectivity index (χ1n) is 5.77. The van der Waals surface area contributed by atoms with E-state index in [1.165, 1.54) is 0 Å². The molecule has 1 rings (SSSR count). The Bertz CT molecular complexity index is 266. The number of carbonyl (C=O) groups excluding carboxylic acids is 2. The summed E-state index contributed by atoms with van der Waals surface area (Å²) in [6, 6.07) is -0.113. The van der Waals surface area contributed by atoms with Crippen molar-refractivity contribution in [3.63, 3.8) is 0 Å². The Labute approximate surface area is 96.6 Å². The van der Waals surface area contributed by atoms with Gasteiger partial charge in [0, 0.05) is 13.1 Å². The van der Waals surface area contributed by atoms with Crippen molar-refractivity contribution in [1.82, 2.24) is 15.5 Å². The second-order valence-corrected chi connectivity index (χ2v) is 4.59. The van der Waals surface area contributed by atoms with Gasteiger partial charge in [0.1, 0.15) is 0 Å². The molecule has 0 aromatic rings. The largest absolute Gasteiger partial charge is 0.354 e. The zero-order chi connectivity index (χ0) is 12.1. The van der Waals surface area contributed by atoms with Gasteiger partial charge >= 0.3 is 0 Å². The molecule has 1 aliphatic heterocycles. The highest BCUT2D eigenvalue weighted by atomic mass is 16.2. The van der Waals surface area contributed by atoms with Gasteiger partial charge in [0.25, 0.3) is 0 Å². The zero-order valence-corrected chi connectivity index (χ0v) is 10.2. The van der Waals surface area contributed by atoms with Gasteiger partial charge in [-0.05, 0) is 19.4 Å². The van der Waals surface area contributed by atoms with Crippen LogP contribution in [0.5, 0.6) is 0 Å². The van der Waals surface area contributed by atoms with E-state index in [9.17, 15) is 9.59 Å². The molecule has 16 heavy (non-hydrogen) atoms. The van der Waals surface area contributed by atoms with E-state index in [0.717, 1.165) is 6.42 Å². The molecule has 5 nitrogen and oxygen atoms in total. The summed E-state index contributed by atoms with van der Waals surface area (Å²) < 4.78 is 0. The number of amides is 2. The lowest BCUT2D eigenvalue weighted by molar-refractivity contribution is -0.134. The topological polar surface area (TPSA) is 61.4 Å². The standard InChI is InChI=1S/C11H21N3O2/c1-8(2)6-13-10(15)7-14-5-4-9(12-3)11(14)16/h8-9,12H,4-7H2,1-3H3,(H,13,15). The summed E-state index contributed by atoms with van der Waals surface area (Å²) >= 11 is 0. The second kappa shape index (κ2) is 5.84. The van der Waals surface area contributed by atoms with Crippen LogP contribution >= 0.6 is 0 Å². The molecular weight excluding hydrogens is 206 g/mol. The molecule has 1 aliphatic rings. The maximum Gasteiger partial charge on any atom is 0.240 e. The van der Waals surface area contributed by atoms with Gasteiger partial charge in [0.2, 0.25) is 11.8 Å². The number of nitrogens with one attached hydrogen (secondary N) is 2. The van der Waals surface area contributed by atoms with Crippen LogP contribution in [0, 0.1) is 5.92 Å². The first kappa shape index (κ1) is 13.0. The number of nitrogens with zero attached hydrogens (tertiary/aromatic N) is 1. The molecule has 1 heterocycles. The number of carbonyl (C=O) groups is 2. The van der Waals surface area contributed by atoms with Gasteiger partial charge in [0.05, 0.1) is 12.6 Å². The molecule has 0 bridgehead atoms. The fraction of sp³-hybridized carbons (Fsp3) is 0.818. The number of likely N-dealkylation sites (N-methyl/N-ethyl adjacent to an activating group) is 1. The van der Waals surface area contributed by atoms with E-state index in [2.05, 4.69) is 10.6 Å². The second-order valence-electron chi connectivity index (χ2n) is 4.59. The van der Waals surface area contributed by atoms with Gasteiger partial charge in [-0.1, -0.05) is 13.8 Å². The number of hydrogen-bond donors (Lipinski definition) is 2.